The van der Waals surface area contributed by atoms with Crippen LogP contribution in [0.2, 0.25) is 0 Å². The number of hydrogen-bond donors (Lipinski definition) is 1. The Morgan fingerprint density at radius 2 is 2.20 bits per heavy atom. The van der Waals surface area contributed by atoms with E-state index in [0.717, 1.165) is 12.3 Å². The van der Waals surface area contributed by atoms with E-state index >= 15 is 0 Å². The van der Waals surface area contributed by atoms with Crippen LogP contribution in [-0.4, -0.2) is 16.5 Å². The molecular formula is C9H8F3N3. The number of hydrogen-bond acceptors (Lipinski definition) is 3. The lowest BCUT2D eigenvalue weighted by atomic mass is 10.4. The molecule has 0 bridgehead atoms. The van der Waals surface area contributed by atoms with E-state index in [1.54, 1.807) is 0 Å². The van der Waals surface area contributed by atoms with Crippen LogP contribution in [0.3, 0.4) is 0 Å². The SMILES string of the molecule is C#CCCNc1nccc(C(F)(F)F)n1. The van der Waals surface area contributed by atoms with Gasteiger partial charge in [0.25, 0.3) is 0 Å². The summed E-state index contributed by atoms with van der Waals surface area (Å²) in [7, 11) is 0. The summed E-state index contributed by atoms with van der Waals surface area (Å²) in [5, 5.41) is 2.59. The van der Waals surface area contributed by atoms with Gasteiger partial charge < -0.3 is 5.32 Å². The van der Waals surface area contributed by atoms with Gasteiger partial charge in [0, 0.05) is 19.2 Å². The molecule has 0 radical (unpaired) electrons. The molecule has 0 atom stereocenters. The van der Waals surface area contributed by atoms with Crippen molar-refractivity contribution < 1.29 is 13.2 Å². The summed E-state index contributed by atoms with van der Waals surface area (Å²) in [4.78, 5) is 6.93. The van der Waals surface area contributed by atoms with Crippen LogP contribution in [0.15, 0.2) is 12.3 Å². The van der Waals surface area contributed by atoms with Crippen molar-refractivity contribution in [1.82, 2.24) is 9.97 Å². The molecule has 3 nitrogen and oxygen atoms in total. The molecule has 0 saturated heterocycles. The molecule has 0 saturated carbocycles. The fourth-order valence-corrected chi connectivity index (χ4v) is 0.848. The van der Waals surface area contributed by atoms with Crippen LogP contribution in [0, 0.1) is 12.3 Å². The van der Waals surface area contributed by atoms with Gasteiger partial charge in [0.05, 0.1) is 0 Å². The zero-order valence-electron chi connectivity index (χ0n) is 7.67. The Labute approximate surface area is 84.7 Å². The normalized spacial score (nSPS) is 10.8. The maximum absolute atomic E-state index is 12.2. The average molecular weight is 215 g/mol. The van der Waals surface area contributed by atoms with Crippen molar-refractivity contribution >= 4 is 5.95 Å². The van der Waals surface area contributed by atoms with Crippen LogP contribution < -0.4 is 5.32 Å². The van der Waals surface area contributed by atoms with Gasteiger partial charge in [-0.15, -0.1) is 12.3 Å². The molecule has 15 heavy (non-hydrogen) atoms. The van der Waals surface area contributed by atoms with Gasteiger partial charge >= 0.3 is 6.18 Å². The molecule has 6 heteroatoms. The topological polar surface area (TPSA) is 37.8 Å². The maximum Gasteiger partial charge on any atom is 0.433 e. The summed E-state index contributed by atoms with van der Waals surface area (Å²) >= 11 is 0. The van der Waals surface area contributed by atoms with Gasteiger partial charge in [-0.05, 0) is 6.07 Å². The first-order valence-electron chi connectivity index (χ1n) is 4.11. The fourth-order valence-electron chi connectivity index (χ4n) is 0.848. The molecule has 0 spiro atoms. The second-order valence-electron chi connectivity index (χ2n) is 2.64. The van der Waals surface area contributed by atoms with Crippen LogP contribution in [0.5, 0.6) is 0 Å². The molecule has 0 aromatic carbocycles. The minimum Gasteiger partial charge on any atom is -0.353 e. The predicted octanol–water partition coefficient (Wildman–Crippen LogP) is 1.93. The molecule has 0 fully saturated rings. The Bertz CT molecular complexity index is 368. The minimum absolute atomic E-state index is 0.0694. The number of alkyl halides is 3. The van der Waals surface area contributed by atoms with E-state index in [0.29, 0.717) is 13.0 Å². The van der Waals surface area contributed by atoms with Crippen LogP contribution in [0.25, 0.3) is 0 Å². The summed E-state index contributed by atoms with van der Waals surface area (Å²) < 4.78 is 36.6. The Kier molecular flexibility index (Phi) is 3.50. The van der Waals surface area contributed by atoms with Crippen molar-refractivity contribution in [2.24, 2.45) is 0 Å². The average Bonchev–Trinajstić information content (AvgIpc) is 2.17. The summed E-state index contributed by atoms with van der Waals surface area (Å²) in [6.07, 6.45) is 1.98. The number of nitrogens with one attached hydrogen (secondary N) is 1. The molecule has 0 aliphatic heterocycles. The van der Waals surface area contributed by atoms with Crippen molar-refractivity contribution in [3.05, 3.63) is 18.0 Å². The summed E-state index contributed by atoms with van der Waals surface area (Å²) in [5.41, 5.74) is -0.972. The third-order valence-corrected chi connectivity index (χ3v) is 1.50. The quantitative estimate of drug-likeness (QED) is 0.618. The molecule has 0 unspecified atom stereocenters. The number of rotatable bonds is 3. The lowest BCUT2D eigenvalue weighted by Crippen LogP contribution is -2.11. The monoisotopic (exact) mass is 215 g/mol. The number of nitrogens with zero attached hydrogens (tertiary/aromatic N) is 2. The van der Waals surface area contributed by atoms with Gasteiger partial charge in [-0.1, -0.05) is 0 Å². The lowest BCUT2D eigenvalue weighted by molar-refractivity contribution is -0.141. The fraction of sp³-hybridized carbons (Fsp3) is 0.333. The van der Waals surface area contributed by atoms with E-state index in [9.17, 15) is 13.2 Å². The highest BCUT2D eigenvalue weighted by Gasteiger charge is 2.32. The van der Waals surface area contributed by atoms with Crippen molar-refractivity contribution in [2.75, 3.05) is 11.9 Å². The number of halogens is 3. The molecule has 1 rings (SSSR count). The van der Waals surface area contributed by atoms with Crippen molar-refractivity contribution in [3.63, 3.8) is 0 Å². The number of aromatic nitrogens is 2. The number of anilines is 1. The van der Waals surface area contributed by atoms with E-state index in [-0.39, 0.29) is 5.95 Å². The maximum atomic E-state index is 12.2. The summed E-state index contributed by atoms with van der Waals surface area (Å²) in [5.74, 6) is 2.27. The van der Waals surface area contributed by atoms with Crippen LogP contribution in [0.1, 0.15) is 12.1 Å². The second kappa shape index (κ2) is 4.64. The zero-order valence-corrected chi connectivity index (χ0v) is 7.67. The molecule has 80 valence electrons. The molecule has 1 aromatic heterocycles. The summed E-state index contributed by atoms with van der Waals surface area (Å²) in [6.45, 7) is 0.345. The van der Waals surface area contributed by atoms with Gasteiger partial charge in [-0.25, -0.2) is 9.97 Å². The first kappa shape index (κ1) is 11.3. The Balaban J connectivity index is 2.71. The third-order valence-electron chi connectivity index (χ3n) is 1.50. The molecular weight excluding hydrogens is 207 g/mol. The summed E-state index contributed by atoms with van der Waals surface area (Å²) in [6, 6.07) is 0.812. The minimum atomic E-state index is -4.45. The van der Waals surface area contributed by atoms with Gasteiger partial charge in [-0.2, -0.15) is 13.2 Å². The lowest BCUT2D eigenvalue weighted by Gasteiger charge is -2.07. The van der Waals surface area contributed by atoms with Crippen LogP contribution >= 0.6 is 0 Å². The largest absolute Gasteiger partial charge is 0.433 e. The molecule has 1 aromatic rings. The molecule has 0 amide bonds. The highest BCUT2D eigenvalue weighted by atomic mass is 19.4. The smallest absolute Gasteiger partial charge is 0.353 e. The predicted molar refractivity (Wildman–Crippen MR) is 49.0 cm³/mol. The first-order chi connectivity index (χ1) is 7.04. The Morgan fingerprint density at radius 1 is 1.47 bits per heavy atom. The molecule has 1 N–H and O–H groups in total. The van der Waals surface area contributed by atoms with Crippen molar-refractivity contribution in [3.8, 4) is 12.3 Å². The van der Waals surface area contributed by atoms with Gasteiger partial charge in [0.15, 0.2) is 0 Å². The Hall–Kier alpha value is -1.77. The first-order valence-corrected chi connectivity index (χ1v) is 4.11. The van der Waals surface area contributed by atoms with E-state index in [4.69, 9.17) is 6.42 Å². The van der Waals surface area contributed by atoms with Gasteiger partial charge in [-0.3, -0.25) is 0 Å². The van der Waals surface area contributed by atoms with Gasteiger partial charge in [0.2, 0.25) is 5.95 Å². The van der Waals surface area contributed by atoms with E-state index in [1.807, 2.05) is 0 Å². The standard InChI is InChI=1S/C9H8F3N3/c1-2-3-5-13-8-14-6-4-7(15-8)9(10,11)12/h1,4,6H,3,5H2,(H,13,14,15). The second-order valence-corrected chi connectivity index (χ2v) is 2.64. The van der Waals surface area contributed by atoms with Crippen molar-refractivity contribution in [1.29, 1.82) is 0 Å². The Morgan fingerprint density at radius 3 is 2.80 bits per heavy atom. The van der Waals surface area contributed by atoms with E-state index < -0.39 is 11.9 Å². The highest BCUT2D eigenvalue weighted by molar-refractivity contribution is 5.26. The van der Waals surface area contributed by atoms with E-state index in [2.05, 4.69) is 21.2 Å². The van der Waals surface area contributed by atoms with Gasteiger partial charge in [0.1, 0.15) is 5.69 Å². The number of terminal acetylenes is 1. The highest BCUT2D eigenvalue weighted by Crippen LogP contribution is 2.27. The molecule has 0 aliphatic carbocycles. The van der Waals surface area contributed by atoms with Crippen LogP contribution in [-0.2, 0) is 6.18 Å². The van der Waals surface area contributed by atoms with Crippen LogP contribution in [0.4, 0.5) is 19.1 Å². The van der Waals surface area contributed by atoms with Crippen molar-refractivity contribution in [2.45, 2.75) is 12.6 Å². The third kappa shape index (κ3) is 3.46. The zero-order chi connectivity index (χ0) is 11.3. The molecule has 0 aliphatic rings. The molecule has 1 heterocycles. The van der Waals surface area contributed by atoms with E-state index in [1.165, 1.54) is 0 Å².